The van der Waals surface area contributed by atoms with Crippen LogP contribution in [0.3, 0.4) is 0 Å². The van der Waals surface area contributed by atoms with Crippen molar-refractivity contribution < 1.29 is 24.1 Å². The van der Waals surface area contributed by atoms with E-state index in [4.69, 9.17) is 19.3 Å². The van der Waals surface area contributed by atoms with Gasteiger partial charge >= 0.3 is 5.97 Å². The summed E-state index contributed by atoms with van der Waals surface area (Å²) < 4.78 is 15.2. The molecule has 90 valence electrons. The monoisotopic (exact) mass is 238 g/mol. The first-order chi connectivity index (χ1) is 7.27. The van der Waals surface area contributed by atoms with Gasteiger partial charge in [0.15, 0.2) is 0 Å². The standard InChI is InChI=1S/C9H18O5S/c1-12-2-3-13-4-5-14-6-7-15-8-9(10)11/h2-8H2,1H3,(H,10,11). The zero-order chi connectivity index (χ0) is 11.4. The quantitative estimate of drug-likeness (QED) is 0.528. The maximum absolute atomic E-state index is 10.1. The van der Waals surface area contributed by atoms with E-state index in [2.05, 4.69) is 0 Å². The topological polar surface area (TPSA) is 65.0 Å². The van der Waals surface area contributed by atoms with Crippen molar-refractivity contribution in [2.75, 3.05) is 51.6 Å². The summed E-state index contributed by atoms with van der Waals surface area (Å²) in [5.74, 6) is 0.0424. The first-order valence-electron chi connectivity index (χ1n) is 4.71. The summed E-state index contributed by atoms with van der Waals surface area (Å²) in [7, 11) is 1.62. The van der Waals surface area contributed by atoms with Crippen LogP contribution in [-0.2, 0) is 19.0 Å². The second-order valence-corrected chi connectivity index (χ2v) is 3.77. The van der Waals surface area contributed by atoms with Crippen LogP contribution in [-0.4, -0.2) is 62.7 Å². The maximum Gasteiger partial charge on any atom is 0.313 e. The molecule has 0 spiro atoms. The molecule has 0 bridgehead atoms. The molecule has 6 heteroatoms. The molecule has 0 amide bonds. The summed E-state index contributed by atoms with van der Waals surface area (Å²) in [6.45, 7) is 2.82. The molecule has 0 heterocycles. The molecule has 0 aromatic carbocycles. The lowest BCUT2D eigenvalue weighted by atomic mass is 10.7. The Balaban J connectivity index is 2.89. The van der Waals surface area contributed by atoms with E-state index in [0.29, 0.717) is 38.8 Å². The lowest BCUT2D eigenvalue weighted by Gasteiger charge is -2.04. The first-order valence-corrected chi connectivity index (χ1v) is 5.86. The molecule has 15 heavy (non-hydrogen) atoms. The summed E-state index contributed by atoms with van der Waals surface area (Å²) in [4.78, 5) is 10.1. The third kappa shape index (κ3) is 13.7. The number of methoxy groups -OCH3 is 1. The number of thioether (sulfide) groups is 1. The van der Waals surface area contributed by atoms with Gasteiger partial charge in [-0.3, -0.25) is 4.79 Å². The Labute approximate surface area is 94.1 Å². The predicted molar refractivity (Wildman–Crippen MR) is 58.5 cm³/mol. The smallest absolute Gasteiger partial charge is 0.313 e. The maximum atomic E-state index is 10.1. The van der Waals surface area contributed by atoms with Gasteiger partial charge in [0, 0.05) is 12.9 Å². The predicted octanol–water partition coefficient (Wildman–Crippen LogP) is 0.484. The van der Waals surface area contributed by atoms with Crippen LogP contribution in [0.1, 0.15) is 0 Å². The minimum atomic E-state index is -0.789. The van der Waals surface area contributed by atoms with E-state index in [1.807, 2.05) is 0 Å². The molecular formula is C9H18O5S. The van der Waals surface area contributed by atoms with Crippen LogP contribution in [0.2, 0.25) is 0 Å². The second-order valence-electron chi connectivity index (χ2n) is 2.66. The van der Waals surface area contributed by atoms with Crippen molar-refractivity contribution in [1.29, 1.82) is 0 Å². The van der Waals surface area contributed by atoms with E-state index >= 15 is 0 Å². The molecule has 0 aliphatic carbocycles. The zero-order valence-corrected chi connectivity index (χ0v) is 9.75. The van der Waals surface area contributed by atoms with Crippen molar-refractivity contribution in [1.82, 2.24) is 0 Å². The molecule has 0 rings (SSSR count). The molecule has 0 radical (unpaired) electrons. The summed E-state index contributed by atoms with van der Waals surface area (Å²) in [6, 6.07) is 0. The van der Waals surface area contributed by atoms with Gasteiger partial charge in [-0.2, -0.15) is 0 Å². The Bertz CT molecular complexity index is 153. The number of ether oxygens (including phenoxy) is 3. The number of rotatable bonds is 11. The lowest BCUT2D eigenvalue weighted by Crippen LogP contribution is -2.10. The molecule has 0 aromatic heterocycles. The molecule has 0 aromatic rings. The van der Waals surface area contributed by atoms with Gasteiger partial charge in [-0.1, -0.05) is 0 Å². The van der Waals surface area contributed by atoms with Crippen LogP contribution in [0.4, 0.5) is 0 Å². The Hall–Kier alpha value is -0.300. The highest BCUT2D eigenvalue weighted by Gasteiger charge is 1.96. The van der Waals surface area contributed by atoms with Crippen LogP contribution in [0, 0.1) is 0 Å². The summed E-state index contributed by atoms with van der Waals surface area (Å²) in [6.07, 6.45) is 0. The highest BCUT2D eigenvalue weighted by molar-refractivity contribution is 7.99. The molecule has 0 atom stereocenters. The van der Waals surface area contributed by atoms with Gasteiger partial charge in [0.25, 0.3) is 0 Å². The molecule has 0 saturated heterocycles. The Kier molecular flexibility index (Phi) is 11.5. The third-order valence-corrected chi connectivity index (χ3v) is 2.31. The van der Waals surface area contributed by atoms with Crippen LogP contribution in [0.25, 0.3) is 0 Å². The molecule has 1 N–H and O–H groups in total. The Morgan fingerprint density at radius 1 is 1.13 bits per heavy atom. The van der Waals surface area contributed by atoms with E-state index in [-0.39, 0.29) is 5.75 Å². The summed E-state index contributed by atoms with van der Waals surface area (Å²) in [5.41, 5.74) is 0. The van der Waals surface area contributed by atoms with E-state index in [9.17, 15) is 4.79 Å². The third-order valence-electron chi connectivity index (χ3n) is 1.40. The number of hydrogen-bond donors (Lipinski definition) is 1. The van der Waals surface area contributed by atoms with Crippen LogP contribution in [0.5, 0.6) is 0 Å². The van der Waals surface area contributed by atoms with Crippen molar-refractivity contribution in [3.63, 3.8) is 0 Å². The fourth-order valence-electron chi connectivity index (χ4n) is 0.742. The van der Waals surface area contributed by atoms with E-state index in [0.717, 1.165) is 0 Å². The van der Waals surface area contributed by atoms with E-state index < -0.39 is 5.97 Å². The average molecular weight is 238 g/mol. The van der Waals surface area contributed by atoms with Gasteiger partial charge in [-0.05, 0) is 0 Å². The molecule has 0 aliphatic heterocycles. The van der Waals surface area contributed by atoms with Gasteiger partial charge < -0.3 is 19.3 Å². The largest absolute Gasteiger partial charge is 0.481 e. The second kappa shape index (κ2) is 11.8. The highest BCUT2D eigenvalue weighted by Crippen LogP contribution is 1.98. The zero-order valence-electron chi connectivity index (χ0n) is 8.94. The van der Waals surface area contributed by atoms with E-state index in [1.165, 1.54) is 11.8 Å². The van der Waals surface area contributed by atoms with Gasteiger partial charge in [0.2, 0.25) is 0 Å². The van der Waals surface area contributed by atoms with Crippen molar-refractivity contribution in [2.45, 2.75) is 0 Å². The van der Waals surface area contributed by atoms with Crippen molar-refractivity contribution in [3.05, 3.63) is 0 Å². The number of carbonyl (C=O) groups is 1. The normalized spacial score (nSPS) is 10.5. The molecule has 0 fully saturated rings. The number of aliphatic carboxylic acids is 1. The number of hydrogen-bond acceptors (Lipinski definition) is 5. The fraction of sp³-hybridized carbons (Fsp3) is 0.889. The van der Waals surface area contributed by atoms with Crippen molar-refractivity contribution >= 4 is 17.7 Å². The van der Waals surface area contributed by atoms with Gasteiger partial charge in [0.1, 0.15) is 0 Å². The van der Waals surface area contributed by atoms with E-state index in [1.54, 1.807) is 7.11 Å². The van der Waals surface area contributed by atoms with Crippen LogP contribution < -0.4 is 0 Å². The lowest BCUT2D eigenvalue weighted by molar-refractivity contribution is -0.133. The van der Waals surface area contributed by atoms with Gasteiger partial charge in [0.05, 0.1) is 38.8 Å². The average Bonchev–Trinajstić information content (AvgIpc) is 2.20. The molecular weight excluding hydrogens is 220 g/mol. The van der Waals surface area contributed by atoms with Crippen LogP contribution in [0.15, 0.2) is 0 Å². The molecule has 0 aliphatic rings. The van der Waals surface area contributed by atoms with Gasteiger partial charge in [-0.25, -0.2) is 0 Å². The van der Waals surface area contributed by atoms with Crippen molar-refractivity contribution in [2.24, 2.45) is 0 Å². The highest BCUT2D eigenvalue weighted by atomic mass is 32.2. The first kappa shape index (κ1) is 14.7. The van der Waals surface area contributed by atoms with Crippen LogP contribution >= 0.6 is 11.8 Å². The SMILES string of the molecule is COCCOCCOCCSCC(=O)O. The minimum Gasteiger partial charge on any atom is -0.481 e. The Morgan fingerprint density at radius 3 is 2.33 bits per heavy atom. The van der Waals surface area contributed by atoms with Gasteiger partial charge in [-0.15, -0.1) is 11.8 Å². The Morgan fingerprint density at radius 2 is 1.73 bits per heavy atom. The molecule has 0 saturated carbocycles. The number of carboxylic acids is 1. The minimum absolute atomic E-state index is 0.133. The summed E-state index contributed by atoms with van der Waals surface area (Å²) in [5, 5.41) is 8.34. The summed E-state index contributed by atoms with van der Waals surface area (Å²) >= 11 is 1.35. The molecule has 5 nitrogen and oxygen atoms in total. The molecule has 0 unspecified atom stereocenters. The number of carboxylic acid groups (broad SMARTS) is 1. The van der Waals surface area contributed by atoms with Crippen molar-refractivity contribution in [3.8, 4) is 0 Å². The fourth-order valence-corrected chi connectivity index (χ4v) is 1.30.